The summed E-state index contributed by atoms with van der Waals surface area (Å²) in [7, 11) is 0. The lowest BCUT2D eigenvalue weighted by molar-refractivity contribution is -0.120. The molecule has 1 aromatic carbocycles. The molecule has 0 spiro atoms. The van der Waals surface area contributed by atoms with E-state index in [1.54, 1.807) is 0 Å². The van der Waals surface area contributed by atoms with Crippen LogP contribution in [0.25, 0.3) is 0 Å². The number of nitrogens with zero attached hydrogens (tertiary/aromatic N) is 1. The summed E-state index contributed by atoms with van der Waals surface area (Å²) in [6.45, 7) is 2.57. The number of amides is 2. The molecule has 3 rings (SSSR count). The smallest absolute Gasteiger partial charge is 0.227 e. The number of hydrogen-bond donors (Lipinski definition) is 2. The Kier molecular flexibility index (Phi) is 4.73. The lowest BCUT2D eigenvalue weighted by Gasteiger charge is -2.27. The van der Waals surface area contributed by atoms with E-state index in [0.717, 1.165) is 56.7 Å². The Morgan fingerprint density at radius 2 is 2.05 bits per heavy atom. The maximum absolute atomic E-state index is 12.3. The third-order valence-electron chi connectivity index (χ3n) is 4.46. The molecular weight excluding hydrogens is 278 g/mol. The summed E-state index contributed by atoms with van der Waals surface area (Å²) in [5.74, 6) is 0.346. The zero-order valence-corrected chi connectivity index (χ0v) is 12.8. The number of benzene rings is 1. The van der Waals surface area contributed by atoms with Gasteiger partial charge in [0.2, 0.25) is 11.8 Å². The van der Waals surface area contributed by atoms with Gasteiger partial charge < -0.3 is 15.5 Å². The van der Waals surface area contributed by atoms with E-state index in [1.165, 1.54) is 0 Å². The van der Waals surface area contributed by atoms with E-state index in [4.69, 9.17) is 0 Å². The summed E-state index contributed by atoms with van der Waals surface area (Å²) in [5.41, 5.74) is 1.66. The van der Waals surface area contributed by atoms with Crippen LogP contribution < -0.4 is 15.5 Å². The number of rotatable bonds is 3. The van der Waals surface area contributed by atoms with Crippen molar-refractivity contribution in [3.63, 3.8) is 0 Å². The first-order valence-electron chi connectivity index (χ1n) is 8.16. The van der Waals surface area contributed by atoms with Gasteiger partial charge in [-0.1, -0.05) is 6.07 Å². The Labute approximate surface area is 131 Å². The fourth-order valence-electron chi connectivity index (χ4n) is 3.16. The Bertz CT molecular complexity index is 553. The Hall–Kier alpha value is -1.88. The van der Waals surface area contributed by atoms with E-state index in [0.29, 0.717) is 6.42 Å². The van der Waals surface area contributed by atoms with E-state index in [-0.39, 0.29) is 17.7 Å². The average molecular weight is 301 g/mol. The zero-order valence-electron chi connectivity index (χ0n) is 12.8. The van der Waals surface area contributed by atoms with Gasteiger partial charge in [-0.05, 0) is 57.0 Å². The Balaban J connectivity index is 1.68. The van der Waals surface area contributed by atoms with E-state index in [2.05, 4.69) is 10.6 Å². The molecule has 118 valence electrons. The van der Waals surface area contributed by atoms with E-state index in [1.807, 2.05) is 29.2 Å². The van der Waals surface area contributed by atoms with Crippen molar-refractivity contribution in [1.29, 1.82) is 0 Å². The van der Waals surface area contributed by atoms with Crippen LogP contribution in [0.2, 0.25) is 0 Å². The molecule has 2 aliphatic rings. The second kappa shape index (κ2) is 6.92. The number of nitrogens with one attached hydrogen (secondary N) is 2. The van der Waals surface area contributed by atoms with Gasteiger partial charge in [0.25, 0.3) is 0 Å². The number of carbonyl (C=O) groups is 2. The first-order valence-corrected chi connectivity index (χ1v) is 8.16. The lowest BCUT2D eigenvalue weighted by Crippen LogP contribution is -2.35. The minimum atomic E-state index is 0.0847. The summed E-state index contributed by atoms with van der Waals surface area (Å²) < 4.78 is 0. The van der Waals surface area contributed by atoms with Crippen LogP contribution in [0.4, 0.5) is 11.4 Å². The van der Waals surface area contributed by atoms with Crippen LogP contribution in [-0.4, -0.2) is 31.4 Å². The molecule has 0 radical (unpaired) electrons. The highest BCUT2D eigenvalue weighted by Gasteiger charge is 2.22. The van der Waals surface area contributed by atoms with Crippen LogP contribution in [0.3, 0.4) is 0 Å². The molecule has 0 atom stereocenters. The molecule has 2 saturated heterocycles. The molecule has 2 amide bonds. The van der Waals surface area contributed by atoms with Gasteiger partial charge in [0.05, 0.1) is 0 Å². The van der Waals surface area contributed by atoms with Crippen molar-refractivity contribution in [2.45, 2.75) is 32.1 Å². The predicted octanol–water partition coefficient (Wildman–Crippen LogP) is 2.14. The normalized spacial score (nSPS) is 20.0. The van der Waals surface area contributed by atoms with Gasteiger partial charge in [-0.3, -0.25) is 9.59 Å². The molecule has 0 aliphatic carbocycles. The third-order valence-corrected chi connectivity index (χ3v) is 4.46. The standard InChI is InChI=1S/C17H23N3O2/c21-16-6-1-2-11-20(16)15-5-3-4-14(12-15)19-17(22)13-7-9-18-10-8-13/h3-5,12-13,18H,1-2,6-11H2,(H,19,22). The minimum absolute atomic E-state index is 0.0847. The third kappa shape index (κ3) is 3.47. The summed E-state index contributed by atoms with van der Waals surface area (Å²) in [5, 5.41) is 6.27. The highest BCUT2D eigenvalue weighted by atomic mass is 16.2. The van der Waals surface area contributed by atoms with E-state index >= 15 is 0 Å². The van der Waals surface area contributed by atoms with Gasteiger partial charge >= 0.3 is 0 Å². The molecule has 5 nitrogen and oxygen atoms in total. The number of hydrogen-bond acceptors (Lipinski definition) is 3. The molecule has 2 N–H and O–H groups in total. The van der Waals surface area contributed by atoms with Gasteiger partial charge in [0, 0.05) is 30.3 Å². The Morgan fingerprint density at radius 1 is 1.23 bits per heavy atom. The summed E-state index contributed by atoms with van der Waals surface area (Å²) >= 11 is 0. The zero-order chi connectivity index (χ0) is 15.4. The SMILES string of the molecule is O=C(Nc1cccc(N2CCCCC2=O)c1)C1CCNCC1. The first kappa shape index (κ1) is 15.0. The van der Waals surface area contributed by atoms with Gasteiger partial charge in [-0.15, -0.1) is 0 Å². The van der Waals surface area contributed by atoms with E-state index < -0.39 is 0 Å². The topological polar surface area (TPSA) is 61.4 Å². The monoisotopic (exact) mass is 301 g/mol. The summed E-state index contributed by atoms with van der Waals surface area (Å²) in [6, 6.07) is 7.62. The van der Waals surface area contributed by atoms with Crippen molar-refractivity contribution in [1.82, 2.24) is 5.32 Å². The molecular formula is C17H23N3O2. The van der Waals surface area contributed by atoms with Crippen molar-refractivity contribution in [2.24, 2.45) is 5.92 Å². The minimum Gasteiger partial charge on any atom is -0.326 e. The fraction of sp³-hybridized carbons (Fsp3) is 0.529. The quantitative estimate of drug-likeness (QED) is 0.899. The number of piperidine rings is 2. The van der Waals surface area contributed by atoms with Gasteiger partial charge in [0.1, 0.15) is 0 Å². The lowest BCUT2D eigenvalue weighted by atomic mass is 9.97. The van der Waals surface area contributed by atoms with Crippen molar-refractivity contribution < 1.29 is 9.59 Å². The van der Waals surface area contributed by atoms with Crippen LogP contribution in [0.5, 0.6) is 0 Å². The van der Waals surface area contributed by atoms with Crippen molar-refractivity contribution >= 4 is 23.2 Å². The maximum Gasteiger partial charge on any atom is 0.227 e. The molecule has 0 aromatic heterocycles. The highest BCUT2D eigenvalue weighted by molar-refractivity contribution is 5.96. The van der Waals surface area contributed by atoms with Crippen LogP contribution in [-0.2, 0) is 9.59 Å². The molecule has 1 aromatic rings. The maximum atomic E-state index is 12.3. The molecule has 2 heterocycles. The Morgan fingerprint density at radius 3 is 2.82 bits per heavy atom. The van der Waals surface area contributed by atoms with Crippen LogP contribution in [0.15, 0.2) is 24.3 Å². The van der Waals surface area contributed by atoms with Gasteiger partial charge in [0.15, 0.2) is 0 Å². The fourth-order valence-corrected chi connectivity index (χ4v) is 3.16. The van der Waals surface area contributed by atoms with Gasteiger partial charge in [-0.2, -0.15) is 0 Å². The first-order chi connectivity index (χ1) is 10.7. The van der Waals surface area contributed by atoms with Crippen molar-refractivity contribution in [3.8, 4) is 0 Å². The summed E-state index contributed by atoms with van der Waals surface area (Å²) in [4.78, 5) is 26.1. The summed E-state index contributed by atoms with van der Waals surface area (Å²) in [6.07, 6.45) is 4.40. The van der Waals surface area contributed by atoms with Crippen LogP contribution in [0.1, 0.15) is 32.1 Å². The second-order valence-electron chi connectivity index (χ2n) is 6.07. The molecule has 0 unspecified atom stereocenters. The predicted molar refractivity (Wildman–Crippen MR) is 86.9 cm³/mol. The molecule has 2 fully saturated rings. The van der Waals surface area contributed by atoms with E-state index in [9.17, 15) is 9.59 Å². The molecule has 0 saturated carbocycles. The van der Waals surface area contributed by atoms with Crippen LogP contribution >= 0.6 is 0 Å². The largest absolute Gasteiger partial charge is 0.326 e. The number of anilines is 2. The van der Waals surface area contributed by atoms with Crippen molar-refractivity contribution in [2.75, 3.05) is 29.9 Å². The van der Waals surface area contributed by atoms with Gasteiger partial charge in [-0.25, -0.2) is 0 Å². The number of carbonyl (C=O) groups excluding carboxylic acids is 2. The average Bonchev–Trinajstić information content (AvgIpc) is 2.56. The highest BCUT2D eigenvalue weighted by Crippen LogP contribution is 2.24. The molecule has 5 heteroatoms. The van der Waals surface area contributed by atoms with Crippen molar-refractivity contribution in [3.05, 3.63) is 24.3 Å². The van der Waals surface area contributed by atoms with Crippen LogP contribution in [0, 0.1) is 5.92 Å². The second-order valence-corrected chi connectivity index (χ2v) is 6.07. The molecule has 2 aliphatic heterocycles. The molecule has 0 bridgehead atoms. The molecule has 22 heavy (non-hydrogen) atoms.